The summed E-state index contributed by atoms with van der Waals surface area (Å²) in [5.41, 5.74) is 4.05. The van der Waals surface area contributed by atoms with Crippen LogP contribution in [0.15, 0.2) is 48.5 Å². The second kappa shape index (κ2) is 13.1. The average Bonchev–Trinajstić information content (AvgIpc) is 3.34. The van der Waals surface area contributed by atoms with Crippen molar-refractivity contribution in [1.29, 1.82) is 5.41 Å². The summed E-state index contributed by atoms with van der Waals surface area (Å²) < 4.78 is 0. The van der Waals surface area contributed by atoms with Gasteiger partial charge in [-0.15, -0.1) is 10.2 Å². The lowest BCUT2D eigenvalue weighted by atomic mass is 10.1. The molecule has 2 amide bonds. The van der Waals surface area contributed by atoms with Crippen LogP contribution < -0.4 is 20.4 Å². The summed E-state index contributed by atoms with van der Waals surface area (Å²) in [5.74, 6) is 0.569. The van der Waals surface area contributed by atoms with E-state index in [1.165, 1.54) is 23.1 Å². The molecule has 9 nitrogen and oxygen atoms in total. The van der Waals surface area contributed by atoms with Gasteiger partial charge in [0.05, 0.1) is 22.8 Å². The van der Waals surface area contributed by atoms with Gasteiger partial charge in [0.25, 0.3) is 0 Å². The lowest BCUT2D eigenvalue weighted by Gasteiger charge is -2.22. The first-order chi connectivity index (χ1) is 20.5. The highest BCUT2D eigenvalue weighted by Gasteiger charge is 2.54. The number of carbonyl (C=O) groups excluding carboxylic acids is 2. The number of amides is 2. The second-order valence-electron chi connectivity index (χ2n) is 12.2. The number of nitrogens with zero attached hydrogens (tertiary/aromatic N) is 4. The Labute approximate surface area is 262 Å². The molecule has 11 heteroatoms. The van der Waals surface area contributed by atoms with Gasteiger partial charge in [0.2, 0.25) is 16.9 Å². The molecule has 0 saturated heterocycles. The zero-order valence-corrected chi connectivity index (χ0v) is 27.1. The number of aromatic nitrogens is 2. The molecule has 2 aliphatic rings. The highest BCUT2D eigenvalue weighted by molar-refractivity contribution is 8.15. The van der Waals surface area contributed by atoms with Crippen LogP contribution >= 0.6 is 23.1 Å². The van der Waals surface area contributed by atoms with Crippen molar-refractivity contribution in [2.45, 2.75) is 56.2 Å². The minimum Gasteiger partial charge on any atom is -0.378 e. The fourth-order valence-electron chi connectivity index (χ4n) is 5.62. The zero-order valence-electron chi connectivity index (χ0n) is 25.5. The third-order valence-electron chi connectivity index (χ3n) is 8.31. The van der Waals surface area contributed by atoms with E-state index in [0.717, 1.165) is 53.2 Å². The smallest absolute Gasteiger partial charge is 0.230 e. The van der Waals surface area contributed by atoms with Crippen LogP contribution in [0.5, 0.6) is 0 Å². The van der Waals surface area contributed by atoms with E-state index >= 15 is 0 Å². The standard InChI is InChI=1S/C32H41N7O2S2/c1-20-19-32(20,35-28(41)17-22-9-7-11-26(15-22)39(4)5)43-29(33)23-12-13-24(18-23)30-36-37-31(42-30)34-27(40)16-21-8-6-10-25(14-21)38(2)3/h6-11,14-15,20,23-24,33H,12-13,16-19H2,1-5H3,(H,35,41)(H,34,37,40). The van der Waals surface area contributed by atoms with E-state index < -0.39 is 4.87 Å². The van der Waals surface area contributed by atoms with Gasteiger partial charge in [0, 0.05) is 51.4 Å². The fraction of sp³-hybridized carbons (Fsp3) is 0.469. The summed E-state index contributed by atoms with van der Waals surface area (Å²) in [7, 11) is 7.94. The van der Waals surface area contributed by atoms with Crippen LogP contribution in [-0.2, 0) is 22.4 Å². The van der Waals surface area contributed by atoms with Crippen molar-refractivity contribution in [3.63, 3.8) is 0 Å². The molecule has 0 aliphatic heterocycles. The first-order valence-electron chi connectivity index (χ1n) is 14.8. The summed E-state index contributed by atoms with van der Waals surface area (Å²) in [4.78, 5) is 29.3. The van der Waals surface area contributed by atoms with Gasteiger partial charge in [0.1, 0.15) is 5.01 Å². The minimum atomic E-state index is -0.391. The molecule has 5 rings (SSSR count). The largest absolute Gasteiger partial charge is 0.378 e. The SMILES string of the molecule is CC1CC1(NC(=O)Cc1cccc(N(C)C)c1)SC(=N)C1CCC(c2nnc(NC(=O)Cc3cccc(N(C)C)c3)s2)C1. The van der Waals surface area contributed by atoms with E-state index in [9.17, 15) is 9.59 Å². The highest BCUT2D eigenvalue weighted by Crippen LogP contribution is 2.54. The third-order valence-corrected chi connectivity index (χ3v) is 10.9. The van der Waals surface area contributed by atoms with Gasteiger partial charge < -0.3 is 20.4 Å². The Kier molecular flexibility index (Phi) is 9.41. The monoisotopic (exact) mass is 619 g/mol. The van der Waals surface area contributed by atoms with Crippen LogP contribution in [0.2, 0.25) is 0 Å². The number of anilines is 3. The van der Waals surface area contributed by atoms with Crippen LogP contribution in [0.1, 0.15) is 54.7 Å². The number of hydrogen-bond acceptors (Lipinski definition) is 9. The first-order valence-corrected chi connectivity index (χ1v) is 16.4. The maximum absolute atomic E-state index is 13.0. The van der Waals surface area contributed by atoms with Crippen molar-refractivity contribution < 1.29 is 9.59 Å². The Bertz CT molecular complexity index is 1490. The van der Waals surface area contributed by atoms with Crippen molar-refractivity contribution in [3.05, 3.63) is 64.7 Å². The molecule has 3 aromatic rings. The van der Waals surface area contributed by atoms with Crippen LogP contribution in [0.3, 0.4) is 0 Å². The number of carbonyl (C=O) groups is 2. The van der Waals surface area contributed by atoms with Gasteiger partial charge in [-0.3, -0.25) is 15.0 Å². The molecule has 0 radical (unpaired) electrons. The van der Waals surface area contributed by atoms with Crippen molar-refractivity contribution in [1.82, 2.24) is 15.5 Å². The summed E-state index contributed by atoms with van der Waals surface area (Å²) >= 11 is 2.96. The van der Waals surface area contributed by atoms with E-state index in [0.29, 0.717) is 22.5 Å². The summed E-state index contributed by atoms with van der Waals surface area (Å²) in [6.45, 7) is 2.14. The van der Waals surface area contributed by atoms with Gasteiger partial charge >= 0.3 is 0 Å². The average molecular weight is 620 g/mol. The zero-order chi connectivity index (χ0) is 30.7. The van der Waals surface area contributed by atoms with Crippen molar-refractivity contribution in [3.8, 4) is 0 Å². The molecule has 2 aromatic carbocycles. The van der Waals surface area contributed by atoms with Gasteiger partial charge in [-0.05, 0) is 67.0 Å². The predicted octanol–water partition coefficient (Wildman–Crippen LogP) is 5.54. The van der Waals surface area contributed by atoms with Gasteiger partial charge in [-0.1, -0.05) is 54.3 Å². The van der Waals surface area contributed by atoms with Crippen LogP contribution in [-0.4, -0.2) is 60.1 Å². The number of rotatable bonds is 11. The molecule has 0 bridgehead atoms. The van der Waals surface area contributed by atoms with E-state index in [4.69, 9.17) is 5.41 Å². The Morgan fingerprint density at radius 3 is 2.16 bits per heavy atom. The Balaban J connectivity index is 1.11. The lowest BCUT2D eigenvalue weighted by molar-refractivity contribution is -0.121. The molecule has 43 heavy (non-hydrogen) atoms. The summed E-state index contributed by atoms with van der Waals surface area (Å²) in [5, 5.41) is 25.8. The second-order valence-corrected chi connectivity index (χ2v) is 14.6. The molecule has 2 saturated carbocycles. The maximum Gasteiger partial charge on any atom is 0.230 e. The summed E-state index contributed by atoms with van der Waals surface area (Å²) in [6, 6.07) is 16.0. The molecule has 0 spiro atoms. The lowest BCUT2D eigenvalue weighted by Crippen LogP contribution is -2.38. The Morgan fingerprint density at radius 1 is 0.977 bits per heavy atom. The molecule has 4 unspecified atom stereocenters. The molecule has 3 N–H and O–H groups in total. The van der Waals surface area contributed by atoms with E-state index in [1.807, 2.05) is 86.5 Å². The van der Waals surface area contributed by atoms with E-state index in [1.54, 1.807) is 0 Å². The predicted molar refractivity (Wildman–Crippen MR) is 178 cm³/mol. The topological polar surface area (TPSA) is 114 Å². The highest BCUT2D eigenvalue weighted by atomic mass is 32.2. The molecule has 1 heterocycles. The number of nitrogens with one attached hydrogen (secondary N) is 3. The van der Waals surface area contributed by atoms with Crippen molar-refractivity contribution in [2.24, 2.45) is 11.8 Å². The molecule has 2 fully saturated rings. The molecular weight excluding hydrogens is 579 g/mol. The quantitative estimate of drug-likeness (QED) is 0.147. The van der Waals surface area contributed by atoms with Crippen LogP contribution in [0.4, 0.5) is 16.5 Å². The van der Waals surface area contributed by atoms with Crippen molar-refractivity contribution >= 4 is 56.5 Å². The third kappa shape index (κ3) is 7.75. The van der Waals surface area contributed by atoms with Crippen LogP contribution in [0.25, 0.3) is 0 Å². The molecule has 4 atom stereocenters. The van der Waals surface area contributed by atoms with Crippen LogP contribution in [0, 0.1) is 17.2 Å². The van der Waals surface area contributed by atoms with Gasteiger partial charge in [-0.2, -0.15) is 0 Å². The minimum absolute atomic E-state index is 0.00121. The van der Waals surface area contributed by atoms with Crippen molar-refractivity contribution in [2.75, 3.05) is 43.3 Å². The normalized spacial score (nSPS) is 22.6. The molecule has 2 aliphatic carbocycles. The molecule has 1 aromatic heterocycles. The molecule has 228 valence electrons. The van der Waals surface area contributed by atoms with E-state index in [-0.39, 0.29) is 30.1 Å². The molecular formula is C32H41N7O2S2. The maximum atomic E-state index is 13.0. The fourth-order valence-corrected chi connectivity index (χ4v) is 7.99. The summed E-state index contributed by atoms with van der Waals surface area (Å²) in [6.07, 6.45) is 4.16. The van der Waals surface area contributed by atoms with E-state index in [2.05, 4.69) is 27.8 Å². The Hall–Kier alpha value is -3.44. The number of benzene rings is 2. The van der Waals surface area contributed by atoms with Gasteiger partial charge in [0.15, 0.2) is 0 Å². The first kappa shape index (κ1) is 31.0. The number of thioether (sulfide) groups is 1. The number of hydrogen-bond donors (Lipinski definition) is 3. The Morgan fingerprint density at radius 2 is 1.58 bits per heavy atom. The van der Waals surface area contributed by atoms with Gasteiger partial charge in [-0.25, -0.2) is 0 Å².